The number of methoxy groups -OCH3 is 2. The minimum absolute atomic E-state index is 0.00724. The van der Waals surface area contributed by atoms with E-state index in [9.17, 15) is 14.7 Å². The molecule has 3 aromatic rings. The van der Waals surface area contributed by atoms with Crippen LogP contribution in [0.5, 0.6) is 11.5 Å². The predicted molar refractivity (Wildman–Crippen MR) is 106 cm³/mol. The van der Waals surface area contributed by atoms with E-state index in [1.54, 1.807) is 42.7 Å². The van der Waals surface area contributed by atoms with Gasteiger partial charge in [-0.1, -0.05) is 6.92 Å². The van der Waals surface area contributed by atoms with Gasteiger partial charge in [0.2, 0.25) is 0 Å². The van der Waals surface area contributed by atoms with Crippen molar-refractivity contribution in [2.45, 2.75) is 19.9 Å². The molecule has 8 nitrogen and oxygen atoms in total. The van der Waals surface area contributed by atoms with Crippen molar-refractivity contribution in [1.82, 2.24) is 14.8 Å². The smallest absolute Gasteiger partial charge is 0.354 e. The average molecular weight is 395 g/mol. The lowest BCUT2D eigenvalue weighted by atomic mass is 10.1. The predicted octanol–water partition coefficient (Wildman–Crippen LogP) is 3.11. The number of aromatic carboxylic acids is 1. The minimum Gasteiger partial charge on any atom is -0.497 e. The van der Waals surface area contributed by atoms with Gasteiger partial charge in [-0.25, -0.2) is 9.48 Å². The Hall–Kier alpha value is -3.68. The number of carboxylic acid groups (broad SMARTS) is 1. The van der Waals surface area contributed by atoms with Crippen LogP contribution in [-0.4, -0.2) is 45.8 Å². The van der Waals surface area contributed by atoms with Gasteiger partial charge in [0.15, 0.2) is 11.5 Å². The first-order chi connectivity index (χ1) is 14.0. The summed E-state index contributed by atoms with van der Waals surface area (Å²) in [4.78, 5) is 28.9. The van der Waals surface area contributed by atoms with Crippen molar-refractivity contribution in [3.05, 3.63) is 59.5 Å². The Morgan fingerprint density at radius 3 is 2.55 bits per heavy atom. The third-order valence-electron chi connectivity index (χ3n) is 4.54. The lowest BCUT2D eigenvalue weighted by Crippen LogP contribution is -2.18. The summed E-state index contributed by atoms with van der Waals surface area (Å²) in [6.07, 6.45) is 3.70. The molecular weight excluding hydrogens is 374 g/mol. The van der Waals surface area contributed by atoms with Crippen molar-refractivity contribution in [3.63, 3.8) is 0 Å². The monoisotopic (exact) mass is 395 g/mol. The molecule has 0 radical (unpaired) electrons. The summed E-state index contributed by atoms with van der Waals surface area (Å²) in [5.41, 5.74) is 2.07. The quantitative estimate of drug-likeness (QED) is 0.585. The van der Waals surface area contributed by atoms with Gasteiger partial charge in [0.05, 0.1) is 25.5 Å². The molecule has 2 heterocycles. The number of carbonyl (C=O) groups is 2. The van der Waals surface area contributed by atoms with E-state index >= 15 is 0 Å². The Bertz CT molecular complexity index is 1040. The first kappa shape index (κ1) is 20.1. The highest BCUT2D eigenvalue weighted by atomic mass is 16.5. The summed E-state index contributed by atoms with van der Waals surface area (Å²) in [7, 11) is 2.98. The van der Waals surface area contributed by atoms with Gasteiger partial charge >= 0.3 is 5.97 Å². The van der Waals surface area contributed by atoms with Gasteiger partial charge in [-0.2, -0.15) is 5.10 Å². The van der Waals surface area contributed by atoms with Gasteiger partial charge in [0.25, 0.3) is 0 Å². The number of Topliss-reactive ketones (excluding diaryl/α,β-unsaturated/α-hetero) is 1. The van der Waals surface area contributed by atoms with Crippen LogP contribution in [0.25, 0.3) is 11.3 Å². The van der Waals surface area contributed by atoms with Crippen molar-refractivity contribution in [1.29, 1.82) is 0 Å². The zero-order valence-corrected chi connectivity index (χ0v) is 16.4. The average Bonchev–Trinajstić information content (AvgIpc) is 3.12. The summed E-state index contributed by atoms with van der Waals surface area (Å²) in [5, 5.41) is 14.2. The van der Waals surface area contributed by atoms with Crippen molar-refractivity contribution >= 4 is 11.8 Å². The Balaban J connectivity index is 2.04. The zero-order valence-electron chi connectivity index (χ0n) is 16.4. The zero-order chi connectivity index (χ0) is 21.0. The van der Waals surface area contributed by atoms with Crippen molar-refractivity contribution in [3.8, 4) is 22.8 Å². The third-order valence-corrected chi connectivity index (χ3v) is 4.54. The summed E-state index contributed by atoms with van der Waals surface area (Å²) in [6, 6.07) is 8.40. The summed E-state index contributed by atoms with van der Waals surface area (Å²) in [5.74, 6) is -0.564. The molecule has 150 valence electrons. The number of rotatable bonds is 8. The Labute approximate surface area is 167 Å². The highest BCUT2D eigenvalue weighted by Crippen LogP contribution is 2.28. The third kappa shape index (κ3) is 3.96. The van der Waals surface area contributed by atoms with E-state index in [0.29, 0.717) is 40.3 Å². The number of aromatic nitrogens is 3. The number of hydrogen-bond acceptors (Lipinski definition) is 6. The molecule has 1 aromatic carbocycles. The number of carbonyl (C=O) groups excluding carboxylic acids is 1. The Morgan fingerprint density at radius 1 is 1.17 bits per heavy atom. The SMILES string of the molecule is CCc1c(-c2cccnc2)nn(CC(=O)c2ccc(OC)cc2OC)c1C(=O)O. The maximum atomic E-state index is 12.9. The molecule has 0 atom stereocenters. The number of carboxylic acids is 1. The lowest BCUT2D eigenvalue weighted by molar-refractivity contribution is 0.0681. The van der Waals surface area contributed by atoms with Gasteiger partial charge in [0.1, 0.15) is 18.0 Å². The molecule has 0 unspecified atom stereocenters. The number of pyridine rings is 1. The molecule has 0 amide bonds. The van der Waals surface area contributed by atoms with Crippen LogP contribution in [0.1, 0.15) is 33.3 Å². The van der Waals surface area contributed by atoms with E-state index in [0.717, 1.165) is 0 Å². The van der Waals surface area contributed by atoms with E-state index in [2.05, 4.69) is 10.1 Å². The number of benzene rings is 1. The first-order valence-corrected chi connectivity index (χ1v) is 8.98. The van der Waals surface area contributed by atoms with Crippen LogP contribution >= 0.6 is 0 Å². The van der Waals surface area contributed by atoms with Crippen LogP contribution < -0.4 is 9.47 Å². The second kappa shape index (κ2) is 8.55. The summed E-state index contributed by atoms with van der Waals surface area (Å²) in [6.45, 7) is 1.61. The summed E-state index contributed by atoms with van der Waals surface area (Å²) >= 11 is 0. The number of nitrogens with zero attached hydrogens (tertiary/aromatic N) is 3. The van der Waals surface area contributed by atoms with Crippen LogP contribution in [0, 0.1) is 0 Å². The van der Waals surface area contributed by atoms with Gasteiger partial charge in [-0.3, -0.25) is 9.78 Å². The minimum atomic E-state index is -1.14. The maximum Gasteiger partial charge on any atom is 0.354 e. The molecular formula is C21H21N3O5. The molecule has 0 saturated heterocycles. The standard InChI is InChI=1S/C21H21N3O5/c1-4-15-19(13-6-5-9-22-11-13)23-24(20(15)21(26)27)12-17(25)16-8-7-14(28-2)10-18(16)29-3/h5-11H,4,12H2,1-3H3,(H,26,27). The molecule has 2 aromatic heterocycles. The Kier molecular flexibility index (Phi) is 5.92. The molecule has 0 aliphatic rings. The van der Waals surface area contributed by atoms with E-state index in [4.69, 9.17) is 9.47 Å². The van der Waals surface area contributed by atoms with E-state index in [-0.39, 0.29) is 18.0 Å². The molecule has 0 spiro atoms. The molecule has 8 heteroatoms. The highest BCUT2D eigenvalue weighted by Gasteiger charge is 2.25. The molecule has 0 fully saturated rings. The molecule has 0 bridgehead atoms. The van der Waals surface area contributed by atoms with E-state index in [1.807, 2.05) is 6.92 Å². The molecule has 1 N–H and O–H groups in total. The van der Waals surface area contributed by atoms with Gasteiger partial charge < -0.3 is 14.6 Å². The van der Waals surface area contributed by atoms with Crippen molar-refractivity contribution in [2.24, 2.45) is 0 Å². The second-order valence-electron chi connectivity index (χ2n) is 6.22. The van der Waals surface area contributed by atoms with Crippen LogP contribution in [0.2, 0.25) is 0 Å². The van der Waals surface area contributed by atoms with Gasteiger partial charge in [0, 0.05) is 29.6 Å². The highest BCUT2D eigenvalue weighted by molar-refractivity contribution is 5.99. The number of ketones is 1. The van der Waals surface area contributed by atoms with Crippen molar-refractivity contribution < 1.29 is 24.2 Å². The van der Waals surface area contributed by atoms with Crippen LogP contribution in [-0.2, 0) is 13.0 Å². The van der Waals surface area contributed by atoms with Crippen LogP contribution in [0.15, 0.2) is 42.7 Å². The van der Waals surface area contributed by atoms with Crippen LogP contribution in [0.4, 0.5) is 0 Å². The van der Waals surface area contributed by atoms with Gasteiger partial charge in [-0.15, -0.1) is 0 Å². The summed E-state index contributed by atoms with van der Waals surface area (Å²) < 4.78 is 11.7. The number of hydrogen-bond donors (Lipinski definition) is 1. The largest absolute Gasteiger partial charge is 0.497 e. The fourth-order valence-electron chi connectivity index (χ4n) is 3.17. The van der Waals surface area contributed by atoms with Gasteiger partial charge in [-0.05, 0) is 30.7 Å². The number of ether oxygens (including phenoxy) is 2. The van der Waals surface area contributed by atoms with Crippen molar-refractivity contribution in [2.75, 3.05) is 14.2 Å². The lowest BCUT2D eigenvalue weighted by Gasteiger charge is -2.10. The Morgan fingerprint density at radius 2 is 1.97 bits per heavy atom. The fraction of sp³-hybridized carbons (Fsp3) is 0.238. The molecule has 0 aliphatic heterocycles. The van der Waals surface area contributed by atoms with E-state index in [1.165, 1.54) is 18.9 Å². The fourth-order valence-corrected chi connectivity index (χ4v) is 3.17. The van der Waals surface area contributed by atoms with E-state index < -0.39 is 5.97 Å². The first-order valence-electron chi connectivity index (χ1n) is 8.98. The molecule has 0 saturated carbocycles. The molecule has 0 aliphatic carbocycles. The normalized spacial score (nSPS) is 10.6. The maximum absolute atomic E-state index is 12.9. The second-order valence-corrected chi connectivity index (χ2v) is 6.22. The van der Waals surface area contributed by atoms with Crippen LogP contribution in [0.3, 0.4) is 0 Å². The topological polar surface area (TPSA) is 104 Å². The molecule has 29 heavy (non-hydrogen) atoms. The molecule has 3 rings (SSSR count).